The van der Waals surface area contributed by atoms with E-state index in [0.717, 1.165) is 34.6 Å². The third-order valence-electron chi connectivity index (χ3n) is 5.43. The van der Waals surface area contributed by atoms with Crippen LogP contribution in [0, 0.1) is 0 Å². The van der Waals surface area contributed by atoms with Crippen LogP contribution in [-0.4, -0.2) is 120 Å². The first-order valence-corrected chi connectivity index (χ1v) is 11.5. The largest absolute Gasteiger partial charge is 0.463 e. The minimum Gasteiger partial charge on any atom is -0.463 e. The van der Waals surface area contributed by atoms with Crippen molar-refractivity contribution in [2.45, 2.75) is 89.4 Å². The summed E-state index contributed by atoms with van der Waals surface area (Å²) in [6.07, 6.45) is -12.8. The molecule has 0 aromatic carbocycles. The average Bonchev–Trinajstić information content (AvgIpc) is 3.08. The van der Waals surface area contributed by atoms with Gasteiger partial charge in [0, 0.05) is 34.6 Å². The van der Waals surface area contributed by atoms with Crippen LogP contribution in [0.4, 0.5) is 0 Å². The van der Waals surface area contributed by atoms with Gasteiger partial charge in [-0.05, 0) is 0 Å². The normalized spacial score (nSPS) is 34.6. The van der Waals surface area contributed by atoms with E-state index in [4.69, 9.17) is 37.9 Å². The molecule has 0 saturated carbocycles. The number of carbonyl (C=O) groups excluding carboxylic acids is 5. The van der Waals surface area contributed by atoms with Gasteiger partial charge in [-0.25, -0.2) is 0 Å². The summed E-state index contributed by atoms with van der Waals surface area (Å²) in [7, 11) is 0. The lowest BCUT2D eigenvalue weighted by molar-refractivity contribution is -0.384. The predicted octanol–water partition coefficient (Wildman–Crippen LogP) is -2.54. The molecular weight excluding hydrogens is 520 g/mol. The second kappa shape index (κ2) is 13.3. The van der Waals surface area contributed by atoms with Crippen LogP contribution >= 0.6 is 0 Å². The van der Waals surface area contributed by atoms with Crippen LogP contribution in [0.3, 0.4) is 0 Å². The number of hydrogen-bond donors (Lipinski definition) is 3. The SMILES string of the molecule is CC(=O)OC[C@@H]1O[C@H](O[C@]2(CO)O[C@@H](CO)[C@@H](OC(C)=O)[C@@H]2OC(C)=O)[C@@H](OC(C)=O)[C@H](OC(C)=O)[C@H]1O. The van der Waals surface area contributed by atoms with Crippen molar-refractivity contribution in [2.24, 2.45) is 0 Å². The highest BCUT2D eigenvalue weighted by Crippen LogP contribution is 2.40. The van der Waals surface area contributed by atoms with Gasteiger partial charge in [0.15, 0.2) is 24.4 Å². The Kier molecular flexibility index (Phi) is 10.9. The molecule has 2 aliphatic heterocycles. The molecule has 16 heteroatoms. The highest BCUT2D eigenvalue weighted by Gasteiger charge is 2.63. The molecule has 16 nitrogen and oxygen atoms in total. The molecule has 216 valence electrons. The summed E-state index contributed by atoms with van der Waals surface area (Å²) >= 11 is 0. The Labute approximate surface area is 216 Å². The van der Waals surface area contributed by atoms with Crippen molar-refractivity contribution in [3.05, 3.63) is 0 Å². The molecule has 0 spiro atoms. The van der Waals surface area contributed by atoms with Gasteiger partial charge in [-0.3, -0.25) is 24.0 Å². The van der Waals surface area contributed by atoms with E-state index in [9.17, 15) is 39.3 Å². The zero-order valence-electron chi connectivity index (χ0n) is 21.4. The van der Waals surface area contributed by atoms with Crippen LogP contribution < -0.4 is 0 Å². The van der Waals surface area contributed by atoms with Gasteiger partial charge in [0.25, 0.3) is 0 Å². The monoisotopic (exact) mass is 552 g/mol. The Hall–Kier alpha value is -2.89. The molecule has 2 saturated heterocycles. The molecule has 2 heterocycles. The Morgan fingerprint density at radius 1 is 0.737 bits per heavy atom. The fourth-order valence-corrected chi connectivity index (χ4v) is 4.06. The van der Waals surface area contributed by atoms with E-state index in [2.05, 4.69) is 0 Å². The van der Waals surface area contributed by atoms with Gasteiger partial charge in [-0.15, -0.1) is 0 Å². The van der Waals surface area contributed by atoms with Crippen LogP contribution in [0.15, 0.2) is 0 Å². The molecule has 2 rings (SSSR count). The van der Waals surface area contributed by atoms with Gasteiger partial charge in [-0.2, -0.15) is 0 Å². The minimum atomic E-state index is -2.39. The topological polar surface area (TPSA) is 220 Å². The number of aliphatic hydroxyl groups is 3. The minimum absolute atomic E-state index is 0.559. The number of rotatable bonds is 10. The summed E-state index contributed by atoms with van der Waals surface area (Å²) in [4.78, 5) is 58.6. The summed E-state index contributed by atoms with van der Waals surface area (Å²) in [6, 6.07) is 0. The Bertz CT molecular complexity index is 891. The summed E-state index contributed by atoms with van der Waals surface area (Å²) in [5.41, 5.74) is 0. The lowest BCUT2D eigenvalue weighted by Gasteiger charge is -2.45. The molecule has 0 aliphatic carbocycles. The molecule has 2 aliphatic rings. The Morgan fingerprint density at radius 3 is 1.74 bits per heavy atom. The maximum Gasteiger partial charge on any atom is 0.303 e. The van der Waals surface area contributed by atoms with Gasteiger partial charge >= 0.3 is 29.8 Å². The molecule has 0 aromatic rings. The van der Waals surface area contributed by atoms with Gasteiger partial charge in [0.05, 0.1) is 6.61 Å². The van der Waals surface area contributed by atoms with E-state index in [-0.39, 0.29) is 0 Å². The summed E-state index contributed by atoms with van der Waals surface area (Å²) in [5.74, 6) is -6.67. The van der Waals surface area contributed by atoms with Crippen LogP contribution in [-0.2, 0) is 61.9 Å². The highest BCUT2D eigenvalue weighted by molar-refractivity contribution is 5.68. The summed E-state index contributed by atoms with van der Waals surface area (Å²) in [5, 5.41) is 30.9. The quantitative estimate of drug-likeness (QED) is 0.188. The van der Waals surface area contributed by atoms with Crippen molar-refractivity contribution in [3.8, 4) is 0 Å². The molecule has 3 N–H and O–H groups in total. The van der Waals surface area contributed by atoms with Gasteiger partial charge in [-0.1, -0.05) is 0 Å². The molecule has 0 unspecified atom stereocenters. The molecule has 0 amide bonds. The zero-order chi connectivity index (χ0) is 28.8. The average molecular weight is 552 g/mol. The maximum atomic E-state index is 11.9. The number of ether oxygens (including phenoxy) is 8. The molecule has 0 aromatic heterocycles. The van der Waals surface area contributed by atoms with E-state index in [0.29, 0.717) is 0 Å². The first kappa shape index (κ1) is 31.3. The molecule has 38 heavy (non-hydrogen) atoms. The van der Waals surface area contributed by atoms with Crippen molar-refractivity contribution < 1.29 is 77.2 Å². The first-order valence-electron chi connectivity index (χ1n) is 11.5. The predicted molar refractivity (Wildman–Crippen MR) is 116 cm³/mol. The second-order valence-electron chi connectivity index (χ2n) is 8.51. The Morgan fingerprint density at radius 2 is 1.26 bits per heavy atom. The molecule has 2 fully saturated rings. The van der Waals surface area contributed by atoms with Crippen LogP contribution in [0.5, 0.6) is 0 Å². The van der Waals surface area contributed by atoms with E-state index < -0.39 is 104 Å². The van der Waals surface area contributed by atoms with Gasteiger partial charge in [0.2, 0.25) is 12.1 Å². The van der Waals surface area contributed by atoms with Crippen LogP contribution in [0.2, 0.25) is 0 Å². The van der Waals surface area contributed by atoms with Crippen molar-refractivity contribution in [1.29, 1.82) is 0 Å². The lowest BCUT2D eigenvalue weighted by Crippen LogP contribution is -2.65. The van der Waals surface area contributed by atoms with Crippen LogP contribution in [0.25, 0.3) is 0 Å². The van der Waals surface area contributed by atoms with E-state index in [1.165, 1.54) is 0 Å². The third-order valence-corrected chi connectivity index (χ3v) is 5.43. The highest BCUT2D eigenvalue weighted by atomic mass is 16.8. The first-order chi connectivity index (χ1) is 17.7. The molecule has 9 atom stereocenters. The lowest BCUT2D eigenvalue weighted by atomic mass is 9.98. The van der Waals surface area contributed by atoms with Crippen LogP contribution in [0.1, 0.15) is 34.6 Å². The van der Waals surface area contributed by atoms with Gasteiger partial charge in [0.1, 0.15) is 31.5 Å². The second-order valence-corrected chi connectivity index (χ2v) is 8.51. The number of carbonyl (C=O) groups is 5. The van der Waals surface area contributed by atoms with E-state index >= 15 is 0 Å². The maximum absolute atomic E-state index is 11.9. The van der Waals surface area contributed by atoms with Gasteiger partial charge < -0.3 is 53.2 Å². The Balaban J connectivity index is 2.55. The molecular formula is C22H32O16. The van der Waals surface area contributed by atoms with E-state index in [1.807, 2.05) is 0 Å². The standard InChI is InChI=1S/C22H32O16/c1-9(25)31-7-15-16(30)18(33-11(3)27)19(34-12(4)28)21(36-15)38-22(8-24)20(35-13(5)29)17(32-10(2)26)14(6-23)37-22/h14-21,23-24,30H,6-8H2,1-5H3/t14-,15-,16-,17+,18+,19-,20-,21+,22-/m0/s1. The third kappa shape index (κ3) is 7.58. The summed E-state index contributed by atoms with van der Waals surface area (Å²) in [6.45, 7) is 2.76. The smallest absolute Gasteiger partial charge is 0.303 e. The molecule has 0 bridgehead atoms. The zero-order valence-corrected chi connectivity index (χ0v) is 21.4. The summed E-state index contributed by atoms with van der Waals surface area (Å²) < 4.78 is 42.9. The number of hydrogen-bond acceptors (Lipinski definition) is 16. The van der Waals surface area contributed by atoms with Crippen molar-refractivity contribution in [3.63, 3.8) is 0 Å². The molecule has 0 radical (unpaired) electrons. The number of esters is 5. The van der Waals surface area contributed by atoms with E-state index in [1.54, 1.807) is 0 Å². The fraction of sp³-hybridized carbons (Fsp3) is 0.773. The fourth-order valence-electron chi connectivity index (χ4n) is 4.06. The van der Waals surface area contributed by atoms with Crippen molar-refractivity contribution in [1.82, 2.24) is 0 Å². The van der Waals surface area contributed by atoms with Crippen molar-refractivity contribution in [2.75, 3.05) is 19.8 Å². The number of aliphatic hydroxyl groups excluding tert-OH is 3. The van der Waals surface area contributed by atoms with Crippen molar-refractivity contribution >= 4 is 29.8 Å².